The smallest absolute Gasteiger partial charge is 0.416 e. The van der Waals surface area contributed by atoms with Gasteiger partial charge in [0, 0.05) is 25.5 Å². The molecular weight excluding hydrogens is 606 g/mol. The molecule has 1 N–H and O–H groups in total. The Morgan fingerprint density at radius 2 is 1.70 bits per heavy atom. The van der Waals surface area contributed by atoms with Gasteiger partial charge in [0.1, 0.15) is 6.61 Å². The number of aliphatic hydroxyl groups is 1. The van der Waals surface area contributed by atoms with Crippen molar-refractivity contribution >= 4 is 35.1 Å². The lowest BCUT2D eigenvalue weighted by Gasteiger charge is -2.30. The van der Waals surface area contributed by atoms with E-state index in [0.29, 0.717) is 30.8 Å². The number of ether oxygens (including phenoxy) is 4. The summed E-state index contributed by atoms with van der Waals surface area (Å²) in [5.74, 6) is -4.01. The molecular formula is C36H45NO10. The molecule has 1 aliphatic heterocycles. The highest BCUT2D eigenvalue weighted by molar-refractivity contribution is 6.25. The number of carbonyl (C=O) groups excluding carboxylic acids is 5. The Morgan fingerprint density at radius 3 is 2.34 bits per heavy atom. The second kappa shape index (κ2) is 18.8. The predicted octanol–water partition coefficient (Wildman–Crippen LogP) is 4.12. The molecule has 0 aromatic heterocycles. The molecule has 2 aromatic rings. The average molecular weight is 652 g/mol. The number of nitrogens with zero attached hydrogens (tertiary/aromatic N) is 1. The summed E-state index contributed by atoms with van der Waals surface area (Å²) in [6, 6.07) is 15.4. The SMILES string of the molecule is CC(=O)O[C@@H](C(=O)C=C(C(=O)CCCOCCOCCO)c1cccc(C)c1)[C@@H](Cc1ccccc1)C(=O)N1C(=O)OC[C@H]1C(C)C. The zero-order valence-corrected chi connectivity index (χ0v) is 27.5. The van der Waals surface area contributed by atoms with E-state index < -0.39 is 41.8 Å². The fourth-order valence-electron chi connectivity index (χ4n) is 5.29. The number of hydrogen-bond acceptors (Lipinski definition) is 10. The van der Waals surface area contributed by atoms with Gasteiger partial charge in [-0.15, -0.1) is 0 Å². The van der Waals surface area contributed by atoms with Crippen LogP contribution in [0.15, 0.2) is 60.7 Å². The molecule has 1 heterocycles. The quantitative estimate of drug-likeness (QED) is 0.134. The van der Waals surface area contributed by atoms with Crippen molar-refractivity contribution in [1.29, 1.82) is 0 Å². The Balaban J connectivity index is 1.97. The van der Waals surface area contributed by atoms with Crippen LogP contribution in [0.2, 0.25) is 0 Å². The third-order valence-corrected chi connectivity index (χ3v) is 7.68. The Labute approximate surface area is 275 Å². The molecule has 0 aliphatic carbocycles. The molecule has 0 spiro atoms. The molecule has 2 amide bonds. The second-order valence-electron chi connectivity index (χ2n) is 11.7. The minimum atomic E-state index is -1.63. The van der Waals surface area contributed by atoms with Crippen LogP contribution in [0, 0.1) is 18.8 Å². The number of amides is 2. The summed E-state index contributed by atoms with van der Waals surface area (Å²) in [5.41, 5.74) is 2.15. The zero-order chi connectivity index (χ0) is 34.3. The van der Waals surface area contributed by atoms with E-state index in [0.717, 1.165) is 23.5 Å². The molecule has 11 nitrogen and oxygen atoms in total. The highest BCUT2D eigenvalue weighted by Crippen LogP contribution is 2.28. The summed E-state index contributed by atoms with van der Waals surface area (Å²) < 4.78 is 21.5. The Kier molecular flexibility index (Phi) is 14.9. The maximum absolute atomic E-state index is 14.2. The highest BCUT2D eigenvalue weighted by atomic mass is 16.6. The lowest BCUT2D eigenvalue weighted by molar-refractivity contribution is -0.159. The zero-order valence-electron chi connectivity index (χ0n) is 27.5. The van der Waals surface area contributed by atoms with Gasteiger partial charge in [0.05, 0.1) is 38.4 Å². The third-order valence-electron chi connectivity index (χ3n) is 7.68. The fraction of sp³-hybridized carbons (Fsp3) is 0.472. The van der Waals surface area contributed by atoms with Crippen LogP contribution in [-0.2, 0) is 44.5 Å². The predicted molar refractivity (Wildman–Crippen MR) is 173 cm³/mol. The number of carbonyl (C=O) groups is 5. The summed E-state index contributed by atoms with van der Waals surface area (Å²) in [5, 5.41) is 8.79. The van der Waals surface area contributed by atoms with Crippen molar-refractivity contribution in [1.82, 2.24) is 4.90 Å². The van der Waals surface area contributed by atoms with E-state index >= 15 is 0 Å². The van der Waals surface area contributed by atoms with Crippen molar-refractivity contribution in [3.63, 3.8) is 0 Å². The average Bonchev–Trinajstić information content (AvgIpc) is 3.44. The van der Waals surface area contributed by atoms with Crippen LogP contribution in [0.1, 0.15) is 50.3 Å². The van der Waals surface area contributed by atoms with E-state index in [1.807, 2.05) is 26.8 Å². The maximum atomic E-state index is 14.2. The molecule has 0 radical (unpaired) electrons. The number of Topliss-reactive ketones (excluding diaryl/α,β-unsaturated/α-hetero) is 1. The molecule has 1 saturated heterocycles. The second-order valence-corrected chi connectivity index (χ2v) is 11.7. The Hall–Kier alpha value is -4.19. The molecule has 1 fully saturated rings. The first-order valence-electron chi connectivity index (χ1n) is 15.9. The van der Waals surface area contributed by atoms with E-state index in [2.05, 4.69) is 0 Å². The number of benzene rings is 2. The Bertz CT molecular complexity index is 1400. The van der Waals surface area contributed by atoms with Gasteiger partial charge in [-0.3, -0.25) is 19.2 Å². The van der Waals surface area contributed by atoms with E-state index in [1.54, 1.807) is 48.5 Å². The van der Waals surface area contributed by atoms with E-state index in [-0.39, 0.29) is 56.5 Å². The first-order valence-corrected chi connectivity index (χ1v) is 15.9. The fourth-order valence-corrected chi connectivity index (χ4v) is 5.29. The van der Waals surface area contributed by atoms with Crippen LogP contribution in [0.25, 0.3) is 5.57 Å². The van der Waals surface area contributed by atoms with Gasteiger partial charge >= 0.3 is 12.1 Å². The molecule has 0 saturated carbocycles. The summed E-state index contributed by atoms with van der Waals surface area (Å²) in [4.78, 5) is 68.2. The van der Waals surface area contributed by atoms with Gasteiger partial charge in [-0.2, -0.15) is 0 Å². The Morgan fingerprint density at radius 1 is 1.00 bits per heavy atom. The number of hydrogen-bond donors (Lipinski definition) is 1. The molecule has 11 heteroatoms. The van der Waals surface area contributed by atoms with Crippen LogP contribution in [-0.4, -0.2) is 91.3 Å². The first-order chi connectivity index (χ1) is 22.5. The van der Waals surface area contributed by atoms with Gasteiger partial charge in [-0.25, -0.2) is 9.69 Å². The van der Waals surface area contributed by atoms with Gasteiger partial charge in [0.15, 0.2) is 17.7 Å². The summed E-state index contributed by atoms with van der Waals surface area (Å²) >= 11 is 0. The molecule has 3 atom stereocenters. The van der Waals surface area contributed by atoms with Crippen molar-refractivity contribution in [2.45, 2.75) is 59.1 Å². The number of allylic oxidation sites excluding steroid dienone is 1. The molecule has 254 valence electrons. The molecule has 0 unspecified atom stereocenters. The number of rotatable bonds is 19. The highest BCUT2D eigenvalue weighted by Gasteiger charge is 2.46. The summed E-state index contributed by atoms with van der Waals surface area (Å²) in [6.45, 7) is 7.73. The largest absolute Gasteiger partial charge is 0.453 e. The molecule has 3 rings (SSSR count). The van der Waals surface area contributed by atoms with Gasteiger partial charge in [-0.1, -0.05) is 74.0 Å². The first kappa shape index (κ1) is 37.3. The summed E-state index contributed by atoms with van der Waals surface area (Å²) in [6.07, 6.45) is -0.900. The van der Waals surface area contributed by atoms with Crippen molar-refractivity contribution in [3.05, 3.63) is 77.4 Å². The van der Waals surface area contributed by atoms with Crippen molar-refractivity contribution < 1.29 is 48.0 Å². The number of esters is 1. The molecule has 1 aliphatic rings. The minimum Gasteiger partial charge on any atom is -0.453 e. The monoisotopic (exact) mass is 651 g/mol. The van der Waals surface area contributed by atoms with Gasteiger partial charge in [0.25, 0.3) is 0 Å². The van der Waals surface area contributed by atoms with Crippen LogP contribution >= 0.6 is 0 Å². The van der Waals surface area contributed by atoms with Crippen LogP contribution < -0.4 is 0 Å². The van der Waals surface area contributed by atoms with E-state index in [9.17, 15) is 24.0 Å². The van der Waals surface area contributed by atoms with Gasteiger partial charge in [-0.05, 0) is 42.9 Å². The lowest BCUT2D eigenvalue weighted by atomic mass is 9.87. The van der Waals surface area contributed by atoms with Crippen molar-refractivity contribution in [2.75, 3.05) is 39.6 Å². The molecule has 0 bridgehead atoms. The van der Waals surface area contributed by atoms with Crippen LogP contribution in [0.5, 0.6) is 0 Å². The maximum Gasteiger partial charge on any atom is 0.416 e. The number of aryl methyl sites for hydroxylation is 1. The van der Waals surface area contributed by atoms with Gasteiger partial charge < -0.3 is 24.1 Å². The third kappa shape index (κ3) is 11.2. The molecule has 2 aromatic carbocycles. The topological polar surface area (TPSA) is 146 Å². The van der Waals surface area contributed by atoms with Crippen LogP contribution in [0.3, 0.4) is 0 Å². The molecule has 47 heavy (non-hydrogen) atoms. The van der Waals surface area contributed by atoms with E-state index in [4.69, 9.17) is 24.1 Å². The number of imide groups is 1. The van der Waals surface area contributed by atoms with Gasteiger partial charge in [0.2, 0.25) is 5.91 Å². The standard InChI is InChI=1S/C36H45NO10/c1-24(2)31-23-46-36(43)37(31)35(42)30(21-27-11-6-5-7-12-27)34(47-26(4)39)33(41)22-29(28-13-8-10-25(3)20-28)32(40)14-9-16-44-18-19-45-17-15-38/h5-8,10-13,20,22,24,30-31,34,38H,9,14-19,21,23H2,1-4H3/t30-,31+,34-/m1/s1. The normalized spacial score (nSPS) is 16.1. The number of aliphatic hydroxyl groups excluding tert-OH is 1. The van der Waals surface area contributed by atoms with Crippen molar-refractivity contribution in [2.24, 2.45) is 11.8 Å². The van der Waals surface area contributed by atoms with Crippen molar-refractivity contribution in [3.8, 4) is 0 Å². The summed E-state index contributed by atoms with van der Waals surface area (Å²) in [7, 11) is 0. The number of ketones is 2. The lowest BCUT2D eigenvalue weighted by Crippen LogP contribution is -2.50. The van der Waals surface area contributed by atoms with Crippen LogP contribution in [0.4, 0.5) is 4.79 Å². The number of cyclic esters (lactones) is 1. The van der Waals surface area contributed by atoms with E-state index in [1.165, 1.54) is 0 Å². The minimum absolute atomic E-state index is 0.0117.